The van der Waals surface area contributed by atoms with Crippen molar-refractivity contribution in [1.29, 1.82) is 5.41 Å². The number of oxazole rings is 1. The molecular weight excluding hydrogens is 578 g/mol. The number of rotatable bonds is 9. The second-order valence-electron chi connectivity index (χ2n) is 9.72. The number of nitrogens with one attached hydrogen (secondary N) is 3. The molecular formula is C25H24F6N6O5. The summed E-state index contributed by atoms with van der Waals surface area (Å²) in [6.07, 6.45) is -8.32. The van der Waals surface area contributed by atoms with Crippen molar-refractivity contribution < 1.29 is 49.8 Å². The summed E-state index contributed by atoms with van der Waals surface area (Å²) in [6, 6.07) is 3.68. The van der Waals surface area contributed by atoms with Crippen LogP contribution in [0.25, 0.3) is 11.5 Å². The fourth-order valence-electron chi connectivity index (χ4n) is 3.30. The fraction of sp³-hybridized carbons (Fsp3) is 0.360. The third-order valence-corrected chi connectivity index (χ3v) is 4.88. The highest BCUT2D eigenvalue weighted by atomic mass is 19.4. The van der Waals surface area contributed by atoms with Gasteiger partial charge in [-0.1, -0.05) is 12.1 Å². The van der Waals surface area contributed by atoms with Crippen molar-refractivity contribution in [3.63, 3.8) is 0 Å². The average molecular weight is 602 g/mol. The minimum absolute atomic E-state index is 0.0125. The minimum Gasteiger partial charge on any atom is -0.456 e. The van der Waals surface area contributed by atoms with Crippen molar-refractivity contribution in [2.45, 2.75) is 58.3 Å². The number of anilines is 2. The predicted octanol–water partition coefficient (Wildman–Crippen LogP) is 5.85. The maximum absolute atomic E-state index is 13.6. The van der Waals surface area contributed by atoms with Crippen LogP contribution in [0.2, 0.25) is 0 Å². The Kier molecular flexibility index (Phi) is 9.12. The van der Waals surface area contributed by atoms with Gasteiger partial charge in [-0.25, -0.2) is 19.7 Å². The van der Waals surface area contributed by atoms with E-state index >= 15 is 0 Å². The van der Waals surface area contributed by atoms with E-state index in [-0.39, 0.29) is 23.8 Å². The number of amides is 1. The second-order valence-corrected chi connectivity index (χ2v) is 9.72. The lowest BCUT2D eigenvalue weighted by molar-refractivity contribution is -0.274. The standard InChI is InChI=1S/C25H24F6N6O5/c1-12(9-15(32)21(39)42-23(2,3)4)35-22-33-10-13(11-34-22)36-19(38)17-18(24(26,27)28)40-20(37-17)14-7-5-6-8-16(14)41-25(29,30)31/h5-8,10-12,32H,9H2,1-4H3,(H,36,38)(H,33,34,35)/t12-/m0/s1. The van der Waals surface area contributed by atoms with E-state index in [1.165, 1.54) is 6.07 Å². The molecule has 2 aromatic heterocycles. The largest absolute Gasteiger partial charge is 0.573 e. The van der Waals surface area contributed by atoms with Crippen LogP contribution >= 0.6 is 0 Å². The summed E-state index contributed by atoms with van der Waals surface area (Å²) in [7, 11) is 0. The molecule has 1 amide bonds. The molecule has 1 atom stereocenters. The number of carbonyl (C=O) groups is 2. The minimum atomic E-state index is -5.23. The van der Waals surface area contributed by atoms with E-state index in [0.29, 0.717) is 0 Å². The summed E-state index contributed by atoms with van der Waals surface area (Å²) in [5.41, 5.74) is -3.06. The molecule has 11 nitrogen and oxygen atoms in total. The topological polar surface area (TPSA) is 152 Å². The van der Waals surface area contributed by atoms with Gasteiger partial charge in [0.05, 0.1) is 23.6 Å². The van der Waals surface area contributed by atoms with Crippen LogP contribution in [0.4, 0.5) is 38.0 Å². The smallest absolute Gasteiger partial charge is 0.456 e. The lowest BCUT2D eigenvalue weighted by Crippen LogP contribution is -2.31. The van der Waals surface area contributed by atoms with Crippen molar-refractivity contribution in [3.8, 4) is 17.2 Å². The van der Waals surface area contributed by atoms with E-state index < -0.39 is 64.7 Å². The molecule has 0 aliphatic carbocycles. The average Bonchev–Trinajstić information content (AvgIpc) is 3.30. The Bertz CT molecular complexity index is 1450. The van der Waals surface area contributed by atoms with E-state index in [9.17, 15) is 35.9 Å². The number of halogens is 6. The van der Waals surface area contributed by atoms with Gasteiger partial charge in [0.25, 0.3) is 5.91 Å². The van der Waals surface area contributed by atoms with Gasteiger partial charge in [-0.3, -0.25) is 10.2 Å². The van der Waals surface area contributed by atoms with Gasteiger partial charge in [-0.2, -0.15) is 13.2 Å². The molecule has 3 rings (SSSR count). The van der Waals surface area contributed by atoms with E-state index in [2.05, 4.69) is 34.7 Å². The quantitative estimate of drug-likeness (QED) is 0.155. The monoisotopic (exact) mass is 602 g/mol. The highest BCUT2D eigenvalue weighted by Crippen LogP contribution is 2.39. The van der Waals surface area contributed by atoms with Crippen LogP contribution in [-0.4, -0.2) is 50.5 Å². The number of benzene rings is 1. The molecule has 226 valence electrons. The van der Waals surface area contributed by atoms with Crippen LogP contribution < -0.4 is 15.4 Å². The Morgan fingerprint density at radius 2 is 1.67 bits per heavy atom. The number of alkyl halides is 6. The first kappa shape index (κ1) is 31.8. The molecule has 3 aromatic rings. The normalized spacial score (nSPS) is 12.8. The van der Waals surface area contributed by atoms with E-state index in [1.807, 2.05) is 0 Å². The zero-order chi connectivity index (χ0) is 31.5. The van der Waals surface area contributed by atoms with Gasteiger partial charge in [0.1, 0.15) is 17.1 Å². The first-order valence-electron chi connectivity index (χ1n) is 12.0. The first-order chi connectivity index (χ1) is 19.3. The van der Waals surface area contributed by atoms with Crippen molar-refractivity contribution in [2.75, 3.05) is 10.6 Å². The van der Waals surface area contributed by atoms with Crippen LogP contribution in [-0.2, 0) is 15.7 Å². The molecule has 0 aliphatic heterocycles. The summed E-state index contributed by atoms with van der Waals surface area (Å²) >= 11 is 0. The zero-order valence-corrected chi connectivity index (χ0v) is 22.4. The van der Waals surface area contributed by atoms with Gasteiger partial charge in [-0.15, -0.1) is 13.2 Å². The van der Waals surface area contributed by atoms with E-state index in [0.717, 1.165) is 30.6 Å². The fourth-order valence-corrected chi connectivity index (χ4v) is 3.30. The number of ether oxygens (including phenoxy) is 2. The second kappa shape index (κ2) is 12.0. The number of hydrogen-bond acceptors (Lipinski definition) is 10. The third kappa shape index (κ3) is 8.90. The number of para-hydroxylation sites is 1. The molecule has 0 spiro atoms. The van der Waals surface area contributed by atoms with Gasteiger partial charge in [0.15, 0.2) is 5.69 Å². The van der Waals surface area contributed by atoms with Gasteiger partial charge < -0.3 is 24.5 Å². The van der Waals surface area contributed by atoms with Crippen LogP contribution in [0, 0.1) is 5.41 Å². The summed E-state index contributed by atoms with van der Waals surface area (Å²) in [5, 5.41) is 12.8. The molecule has 0 radical (unpaired) electrons. The maximum atomic E-state index is 13.6. The van der Waals surface area contributed by atoms with E-state index in [4.69, 9.17) is 10.1 Å². The zero-order valence-electron chi connectivity index (χ0n) is 22.4. The Balaban J connectivity index is 1.74. The van der Waals surface area contributed by atoms with Crippen molar-refractivity contribution in [3.05, 3.63) is 48.1 Å². The molecule has 42 heavy (non-hydrogen) atoms. The SMILES string of the molecule is C[C@@H](CC(=N)C(=O)OC(C)(C)C)Nc1ncc(NC(=O)c2nc(-c3ccccc3OC(F)(F)F)oc2C(F)(F)F)cn1. The first-order valence-corrected chi connectivity index (χ1v) is 12.0. The molecule has 0 saturated heterocycles. The number of aromatic nitrogens is 3. The lowest BCUT2D eigenvalue weighted by atomic mass is 10.1. The molecule has 1 aromatic carbocycles. The van der Waals surface area contributed by atoms with Crippen molar-refractivity contribution in [1.82, 2.24) is 15.0 Å². The molecule has 2 heterocycles. The Morgan fingerprint density at radius 3 is 2.24 bits per heavy atom. The van der Waals surface area contributed by atoms with Crippen LogP contribution in [0.15, 0.2) is 41.1 Å². The molecule has 0 fully saturated rings. The van der Waals surface area contributed by atoms with Gasteiger partial charge in [-0.05, 0) is 39.8 Å². The number of hydrogen-bond donors (Lipinski definition) is 3. The van der Waals surface area contributed by atoms with Crippen LogP contribution in [0.1, 0.15) is 50.4 Å². The Morgan fingerprint density at radius 1 is 1.05 bits per heavy atom. The third-order valence-electron chi connectivity index (χ3n) is 4.88. The summed E-state index contributed by atoms with van der Waals surface area (Å²) in [6.45, 7) is 6.61. The summed E-state index contributed by atoms with van der Waals surface area (Å²) < 4.78 is 92.8. The lowest BCUT2D eigenvalue weighted by Gasteiger charge is -2.20. The van der Waals surface area contributed by atoms with Crippen LogP contribution in [0.3, 0.4) is 0 Å². The van der Waals surface area contributed by atoms with E-state index in [1.54, 1.807) is 27.7 Å². The highest BCUT2D eigenvalue weighted by Gasteiger charge is 2.42. The van der Waals surface area contributed by atoms with Gasteiger partial charge in [0, 0.05) is 12.5 Å². The highest BCUT2D eigenvalue weighted by molar-refractivity contribution is 6.35. The van der Waals surface area contributed by atoms with Gasteiger partial charge in [0.2, 0.25) is 17.6 Å². The summed E-state index contributed by atoms with van der Waals surface area (Å²) in [4.78, 5) is 36.0. The number of nitrogens with zero attached hydrogens (tertiary/aromatic N) is 3. The maximum Gasteiger partial charge on any atom is 0.573 e. The molecule has 17 heteroatoms. The molecule has 0 unspecified atom stereocenters. The molecule has 0 aliphatic rings. The Hall–Kier alpha value is -4.70. The van der Waals surface area contributed by atoms with Gasteiger partial charge >= 0.3 is 18.5 Å². The number of esters is 1. The summed E-state index contributed by atoms with van der Waals surface area (Å²) in [5.74, 6) is -5.86. The van der Waals surface area contributed by atoms with Crippen molar-refractivity contribution >= 4 is 29.2 Å². The van der Waals surface area contributed by atoms with Crippen LogP contribution in [0.5, 0.6) is 5.75 Å². The molecule has 3 N–H and O–H groups in total. The number of carbonyl (C=O) groups excluding carboxylic acids is 2. The Labute approximate surface area is 234 Å². The molecule has 0 bridgehead atoms. The molecule has 0 saturated carbocycles. The van der Waals surface area contributed by atoms with Crippen molar-refractivity contribution in [2.24, 2.45) is 0 Å². The predicted molar refractivity (Wildman–Crippen MR) is 135 cm³/mol.